The number of imidazole rings is 1. The van der Waals surface area contributed by atoms with Gasteiger partial charge in [0.05, 0.1) is 11.4 Å². The Labute approximate surface area is 214 Å². The summed E-state index contributed by atoms with van der Waals surface area (Å²) in [6, 6.07) is 31.5. The van der Waals surface area contributed by atoms with Gasteiger partial charge in [0.1, 0.15) is 24.0 Å². The molecule has 2 aromatic heterocycles. The number of ether oxygens (including phenoxy) is 2. The third-order valence-corrected chi connectivity index (χ3v) is 5.84. The van der Waals surface area contributed by atoms with Gasteiger partial charge in [0.2, 0.25) is 0 Å². The number of hydrogen-bond donors (Lipinski definition) is 1. The van der Waals surface area contributed by atoms with E-state index in [1.54, 1.807) is 12.1 Å². The molecule has 2 heterocycles. The van der Waals surface area contributed by atoms with Crippen LogP contribution in [0.25, 0.3) is 16.9 Å². The second-order valence-electron chi connectivity index (χ2n) is 8.44. The lowest BCUT2D eigenvalue weighted by molar-refractivity contribution is -0.131. The highest BCUT2D eigenvalue weighted by atomic mass is 16.5. The molecule has 5 aromatic rings. The maximum atomic E-state index is 13.1. The molecule has 0 saturated heterocycles. The van der Waals surface area contributed by atoms with Crippen LogP contribution in [-0.4, -0.2) is 21.4 Å². The second-order valence-corrected chi connectivity index (χ2v) is 8.44. The van der Waals surface area contributed by atoms with Crippen molar-refractivity contribution in [3.8, 4) is 17.0 Å². The highest BCUT2D eigenvalue weighted by Crippen LogP contribution is 2.33. The summed E-state index contributed by atoms with van der Waals surface area (Å²) >= 11 is 0. The number of nitrogens with one attached hydrogen (secondary N) is 1. The Bertz CT molecular complexity index is 1510. The van der Waals surface area contributed by atoms with Gasteiger partial charge in [-0.15, -0.1) is 0 Å². The number of pyridine rings is 1. The number of carbonyl (C=O) groups is 2. The molecule has 0 saturated carbocycles. The van der Waals surface area contributed by atoms with Gasteiger partial charge in [0.15, 0.2) is 0 Å². The molecule has 1 amide bonds. The predicted octanol–water partition coefficient (Wildman–Crippen LogP) is 5.94. The Hall–Kier alpha value is -4.91. The minimum absolute atomic E-state index is 0.142. The zero-order valence-corrected chi connectivity index (χ0v) is 20.2. The Kier molecular flexibility index (Phi) is 6.94. The van der Waals surface area contributed by atoms with Gasteiger partial charge >= 0.3 is 12.1 Å². The van der Waals surface area contributed by atoms with E-state index in [0.29, 0.717) is 5.75 Å². The molecule has 1 N–H and O–H groups in total. The van der Waals surface area contributed by atoms with E-state index in [1.165, 1.54) is 6.92 Å². The smallest absolute Gasteiger partial charge is 0.408 e. The third kappa shape index (κ3) is 5.51. The molecule has 7 heteroatoms. The molecule has 37 heavy (non-hydrogen) atoms. The fourth-order valence-electron chi connectivity index (χ4n) is 4.19. The number of nitrogens with zero attached hydrogens (tertiary/aromatic N) is 2. The molecule has 0 aliphatic heterocycles. The van der Waals surface area contributed by atoms with Crippen LogP contribution in [0.4, 0.5) is 4.79 Å². The molecule has 5 rings (SSSR count). The first-order valence-electron chi connectivity index (χ1n) is 11.9. The number of amides is 1. The molecule has 0 aliphatic rings. The molecule has 184 valence electrons. The first kappa shape index (κ1) is 23.8. The van der Waals surface area contributed by atoms with Crippen molar-refractivity contribution in [3.05, 3.63) is 126 Å². The second kappa shape index (κ2) is 10.8. The Morgan fingerprint density at radius 1 is 0.865 bits per heavy atom. The van der Waals surface area contributed by atoms with Crippen molar-refractivity contribution >= 4 is 17.7 Å². The van der Waals surface area contributed by atoms with Crippen LogP contribution >= 0.6 is 0 Å². The van der Waals surface area contributed by atoms with Crippen LogP contribution in [0.3, 0.4) is 0 Å². The highest BCUT2D eigenvalue weighted by Gasteiger charge is 2.26. The number of hydrogen-bond acceptors (Lipinski definition) is 5. The van der Waals surface area contributed by atoms with Crippen LogP contribution in [0.5, 0.6) is 5.75 Å². The maximum Gasteiger partial charge on any atom is 0.408 e. The van der Waals surface area contributed by atoms with Crippen molar-refractivity contribution in [2.45, 2.75) is 19.6 Å². The lowest BCUT2D eigenvalue weighted by atomic mass is 9.99. The van der Waals surface area contributed by atoms with Crippen molar-refractivity contribution < 1.29 is 19.1 Å². The van der Waals surface area contributed by atoms with Crippen LogP contribution in [0.15, 0.2) is 109 Å². The molecule has 0 bridgehead atoms. The lowest BCUT2D eigenvalue weighted by Gasteiger charge is -2.21. The minimum Gasteiger partial charge on any atom is -0.445 e. The zero-order chi connectivity index (χ0) is 25.6. The van der Waals surface area contributed by atoms with Gasteiger partial charge in [-0.25, -0.2) is 9.78 Å². The molecule has 0 fully saturated rings. The maximum absolute atomic E-state index is 13.1. The van der Waals surface area contributed by atoms with Gasteiger partial charge in [0.25, 0.3) is 0 Å². The Morgan fingerprint density at radius 3 is 2.24 bits per heavy atom. The van der Waals surface area contributed by atoms with Gasteiger partial charge in [-0.3, -0.25) is 4.79 Å². The van der Waals surface area contributed by atoms with Crippen molar-refractivity contribution in [1.82, 2.24) is 14.7 Å². The van der Waals surface area contributed by atoms with Crippen molar-refractivity contribution in [2.75, 3.05) is 0 Å². The van der Waals surface area contributed by atoms with Gasteiger partial charge < -0.3 is 19.2 Å². The van der Waals surface area contributed by atoms with Crippen LogP contribution in [0, 0.1) is 0 Å². The zero-order valence-electron chi connectivity index (χ0n) is 20.2. The predicted molar refractivity (Wildman–Crippen MR) is 140 cm³/mol. The summed E-state index contributed by atoms with van der Waals surface area (Å²) in [5.74, 6) is 0.0168. The minimum atomic E-state index is -0.609. The number of fused-ring (bicyclic) bond motifs is 1. The number of carbonyl (C=O) groups excluding carboxylic acids is 2. The topological polar surface area (TPSA) is 81.9 Å². The first-order valence-corrected chi connectivity index (χ1v) is 11.9. The summed E-state index contributed by atoms with van der Waals surface area (Å²) < 4.78 is 12.7. The van der Waals surface area contributed by atoms with E-state index in [1.807, 2.05) is 102 Å². The molecule has 0 spiro atoms. The molecular weight excluding hydrogens is 466 g/mol. The number of esters is 1. The van der Waals surface area contributed by atoms with E-state index in [2.05, 4.69) is 5.32 Å². The average molecular weight is 492 g/mol. The van der Waals surface area contributed by atoms with E-state index < -0.39 is 18.1 Å². The third-order valence-electron chi connectivity index (χ3n) is 5.84. The normalized spacial score (nSPS) is 11.6. The molecule has 3 aromatic carbocycles. The molecule has 0 radical (unpaired) electrons. The van der Waals surface area contributed by atoms with E-state index in [9.17, 15) is 9.59 Å². The first-order chi connectivity index (χ1) is 18.1. The fraction of sp³-hybridized carbons (Fsp3) is 0.100. The number of alkyl carbamates (subject to hydrolysis) is 1. The molecule has 0 aliphatic carbocycles. The monoisotopic (exact) mass is 491 g/mol. The summed E-state index contributed by atoms with van der Waals surface area (Å²) in [6.45, 7) is 1.50. The van der Waals surface area contributed by atoms with E-state index in [0.717, 1.165) is 33.7 Å². The largest absolute Gasteiger partial charge is 0.445 e. The SMILES string of the molecule is CC(=O)Oc1ccc(C(NC(=O)OCc2ccccc2)c2c(-c3ccccc3)nc3ccccn23)cc1. The van der Waals surface area contributed by atoms with Crippen LogP contribution < -0.4 is 10.1 Å². The van der Waals surface area contributed by atoms with Crippen LogP contribution in [0.1, 0.15) is 29.8 Å². The van der Waals surface area contributed by atoms with Gasteiger partial charge in [-0.1, -0.05) is 78.9 Å². The summed E-state index contributed by atoms with van der Waals surface area (Å²) in [7, 11) is 0. The number of benzene rings is 3. The van der Waals surface area contributed by atoms with Gasteiger partial charge in [0, 0.05) is 18.7 Å². The number of aromatic nitrogens is 2. The lowest BCUT2D eigenvalue weighted by Crippen LogP contribution is -2.31. The van der Waals surface area contributed by atoms with Crippen LogP contribution in [-0.2, 0) is 16.1 Å². The van der Waals surface area contributed by atoms with Gasteiger partial charge in [-0.05, 0) is 35.4 Å². The standard InChI is InChI=1S/C30H25N3O4/c1-21(34)37-25-17-15-24(16-18-25)28(32-30(35)36-20-22-10-4-2-5-11-22)29-27(23-12-6-3-7-13-23)31-26-14-8-9-19-33(26)29/h2-19,28H,20H2,1H3,(H,32,35). The summed E-state index contributed by atoms with van der Waals surface area (Å²) in [6.07, 6.45) is 1.35. The Morgan fingerprint density at radius 2 is 1.54 bits per heavy atom. The van der Waals surface area contributed by atoms with E-state index in [4.69, 9.17) is 14.5 Å². The summed E-state index contributed by atoms with van der Waals surface area (Å²) in [5, 5.41) is 3.04. The average Bonchev–Trinajstić information content (AvgIpc) is 3.31. The summed E-state index contributed by atoms with van der Waals surface area (Å²) in [5.41, 5.74) is 4.84. The van der Waals surface area contributed by atoms with E-state index >= 15 is 0 Å². The van der Waals surface area contributed by atoms with Gasteiger partial charge in [-0.2, -0.15) is 0 Å². The highest BCUT2D eigenvalue weighted by molar-refractivity contribution is 5.73. The van der Waals surface area contributed by atoms with Crippen molar-refractivity contribution in [2.24, 2.45) is 0 Å². The fourth-order valence-corrected chi connectivity index (χ4v) is 4.19. The van der Waals surface area contributed by atoms with Crippen molar-refractivity contribution in [1.29, 1.82) is 0 Å². The van der Waals surface area contributed by atoms with E-state index in [-0.39, 0.29) is 6.61 Å². The Balaban J connectivity index is 1.56. The molecular formula is C30H25N3O4. The number of rotatable bonds is 7. The molecule has 1 unspecified atom stereocenters. The molecule has 7 nitrogen and oxygen atoms in total. The van der Waals surface area contributed by atoms with Crippen LogP contribution in [0.2, 0.25) is 0 Å². The molecule has 1 atom stereocenters. The van der Waals surface area contributed by atoms with Crippen molar-refractivity contribution in [3.63, 3.8) is 0 Å². The summed E-state index contributed by atoms with van der Waals surface area (Å²) in [4.78, 5) is 29.3. The quantitative estimate of drug-likeness (QED) is 0.225.